The van der Waals surface area contributed by atoms with Crippen LogP contribution in [0.25, 0.3) is 0 Å². The zero-order valence-electron chi connectivity index (χ0n) is 14.8. The fourth-order valence-corrected chi connectivity index (χ4v) is 3.36. The molecule has 0 fully saturated rings. The molecule has 0 spiro atoms. The molecular formula is C21H26O5. The molecule has 0 saturated carbocycles. The van der Waals surface area contributed by atoms with E-state index in [0.717, 1.165) is 11.1 Å². The second-order valence-electron chi connectivity index (χ2n) is 7.91. The highest BCUT2D eigenvalue weighted by Crippen LogP contribution is 2.38. The third-order valence-electron chi connectivity index (χ3n) is 5.04. The molecule has 0 unspecified atom stereocenters. The lowest BCUT2D eigenvalue weighted by molar-refractivity contribution is -0.116. The molecular weight excluding hydrogens is 332 g/mol. The summed E-state index contributed by atoms with van der Waals surface area (Å²) in [5.74, 6) is -3.56. The first-order valence-electron chi connectivity index (χ1n) is 8.78. The first kappa shape index (κ1) is 19.0. The van der Waals surface area contributed by atoms with Crippen molar-refractivity contribution in [2.45, 2.75) is 49.8 Å². The zero-order chi connectivity index (χ0) is 19.1. The van der Waals surface area contributed by atoms with Gasteiger partial charge in [0.25, 0.3) is 0 Å². The van der Waals surface area contributed by atoms with Crippen LogP contribution in [-0.4, -0.2) is 42.7 Å². The standard InChI is InChI=1S/C21H26O5/c1-18(14-16-2-6-20(23,24)7-3-16)10-12-19(22,13-11-18)15-17-4-8-21(25,26)9-5-17/h2-6,8,10-13,22-26H,7,9,14-15H2,1H3. The minimum atomic E-state index is -1.80. The Kier molecular flexibility index (Phi) is 4.71. The fraction of sp³-hybridized carbons (Fsp3) is 0.429. The Balaban J connectivity index is 1.63. The smallest absolute Gasteiger partial charge is 0.186 e. The van der Waals surface area contributed by atoms with Gasteiger partial charge in [-0.3, -0.25) is 0 Å². The normalized spacial score (nSPS) is 34.5. The van der Waals surface area contributed by atoms with Crippen molar-refractivity contribution in [2.24, 2.45) is 5.41 Å². The molecule has 0 heterocycles. The van der Waals surface area contributed by atoms with E-state index in [4.69, 9.17) is 0 Å². The van der Waals surface area contributed by atoms with Gasteiger partial charge < -0.3 is 25.5 Å². The molecule has 5 heteroatoms. The Hall–Kier alpha value is -1.76. The monoisotopic (exact) mass is 358 g/mol. The number of hydrogen-bond acceptors (Lipinski definition) is 5. The van der Waals surface area contributed by atoms with Gasteiger partial charge in [-0.05, 0) is 24.1 Å². The van der Waals surface area contributed by atoms with Crippen LogP contribution in [0.1, 0.15) is 32.6 Å². The van der Waals surface area contributed by atoms with Crippen LogP contribution in [0.4, 0.5) is 0 Å². The van der Waals surface area contributed by atoms with Gasteiger partial charge in [0, 0.05) is 24.7 Å². The summed E-state index contributed by atoms with van der Waals surface area (Å²) in [6.45, 7) is 2.06. The highest BCUT2D eigenvalue weighted by molar-refractivity contribution is 5.37. The van der Waals surface area contributed by atoms with Crippen molar-refractivity contribution >= 4 is 0 Å². The highest BCUT2D eigenvalue weighted by atomic mass is 16.5. The molecule has 0 bridgehead atoms. The lowest BCUT2D eigenvalue weighted by Crippen LogP contribution is -2.31. The van der Waals surface area contributed by atoms with Gasteiger partial charge >= 0.3 is 0 Å². The Morgan fingerprint density at radius 3 is 1.58 bits per heavy atom. The minimum absolute atomic E-state index is 0.109. The Morgan fingerprint density at radius 1 is 0.692 bits per heavy atom. The molecule has 5 nitrogen and oxygen atoms in total. The predicted octanol–water partition coefficient (Wildman–Crippen LogP) is 1.76. The Morgan fingerprint density at radius 2 is 1.15 bits per heavy atom. The molecule has 0 radical (unpaired) electrons. The van der Waals surface area contributed by atoms with Gasteiger partial charge in [0.15, 0.2) is 11.6 Å². The van der Waals surface area contributed by atoms with Gasteiger partial charge in [0.05, 0.1) is 0 Å². The first-order chi connectivity index (χ1) is 12.0. The average Bonchev–Trinajstić information content (AvgIpc) is 2.55. The number of aliphatic hydroxyl groups is 5. The van der Waals surface area contributed by atoms with E-state index >= 15 is 0 Å². The SMILES string of the molecule is CC1(CC2=CCC(O)(O)C=C2)C=CC(O)(CC2=CCC(O)(O)C=C2)C=C1. The summed E-state index contributed by atoms with van der Waals surface area (Å²) in [6, 6.07) is 0. The first-order valence-corrected chi connectivity index (χ1v) is 8.78. The van der Waals surface area contributed by atoms with Gasteiger partial charge in [0.2, 0.25) is 0 Å². The quantitative estimate of drug-likeness (QED) is 0.389. The van der Waals surface area contributed by atoms with Gasteiger partial charge in [-0.15, -0.1) is 0 Å². The van der Waals surface area contributed by atoms with Crippen molar-refractivity contribution in [3.63, 3.8) is 0 Å². The van der Waals surface area contributed by atoms with E-state index in [-0.39, 0.29) is 18.3 Å². The molecule has 3 aliphatic rings. The van der Waals surface area contributed by atoms with Gasteiger partial charge in [-0.2, -0.15) is 0 Å². The van der Waals surface area contributed by atoms with E-state index in [1.54, 1.807) is 30.4 Å². The van der Waals surface area contributed by atoms with Crippen LogP contribution in [0, 0.1) is 5.41 Å². The molecule has 0 aliphatic heterocycles. The maximum Gasteiger partial charge on any atom is 0.186 e. The van der Waals surface area contributed by atoms with E-state index in [2.05, 4.69) is 6.92 Å². The van der Waals surface area contributed by atoms with Gasteiger partial charge in [0.1, 0.15) is 5.60 Å². The van der Waals surface area contributed by atoms with E-state index in [1.165, 1.54) is 12.2 Å². The fourth-order valence-electron chi connectivity index (χ4n) is 3.36. The molecule has 5 N–H and O–H groups in total. The van der Waals surface area contributed by atoms with Crippen molar-refractivity contribution < 1.29 is 25.5 Å². The van der Waals surface area contributed by atoms with E-state index in [1.807, 2.05) is 18.2 Å². The second-order valence-corrected chi connectivity index (χ2v) is 7.91. The second kappa shape index (κ2) is 6.44. The summed E-state index contributed by atoms with van der Waals surface area (Å²) in [5, 5.41) is 48.9. The van der Waals surface area contributed by atoms with Crippen LogP contribution >= 0.6 is 0 Å². The summed E-state index contributed by atoms with van der Waals surface area (Å²) in [7, 11) is 0. The molecule has 0 aromatic heterocycles. The van der Waals surface area contributed by atoms with Gasteiger partial charge in [-0.25, -0.2) is 0 Å². The van der Waals surface area contributed by atoms with E-state index < -0.39 is 17.2 Å². The largest absolute Gasteiger partial charge is 0.381 e. The van der Waals surface area contributed by atoms with Crippen molar-refractivity contribution in [1.82, 2.24) is 0 Å². The molecule has 0 atom stereocenters. The van der Waals surface area contributed by atoms with Crippen LogP contribution in [0.15, 0.2) is 71.9 Å². The lowest BCUT2D eigenvalue weighted by Gasteiger charge is -2.33. The Labute approximate surface area is 153 Å². The van der Waals surface area contributed by atoms with Crippen molar-refractivity contribution in [3.8, 4) is 0 Å². The Bertz CT molecular complexity index is 670. The van der Waals surface area contributed by atoms with Crippen LogP contribution < -0.4 is 0 Å². The van der Waals surface area contributed by atoms with Crippen LogP contribution in [0.5, 0.6) is 0 Å². The molecule has 140 valence electrons. The maximum atomic E-state index is 10.8. The summed E-state index contributed by atoms with van der Waals surface area (Å²) in [4.78, 5) is 0. The third kappa shape index (κ3) is 4.69. The summed E-state index contributed by atoms with van der Waals surface area (Å²) in [6.07, 6.45) is 18.5. The van der Waals surface area contributed by atoms with E-state index in [9.17, 15) is 25.5 Å². The molecule has 3 aliphatic carbocycles. The zero-order valence-corrected chi connectivity index (χ0v) is 14.8. The molecule has 0 aromatic carbocycles. The maximum absolute atomic E-state index is 10.8. The van der Waals surface area contributed by atoms with E-state index in [0.29, 0.717) is 12.8 Å². The lowest BCUT2D eigenvalue weighted by atomic mass is 9.75. The summed E-state index contributed by atoms with van der Waals surface area (Å²) in [5.41, 5.74) is 0.494. The predicted molar refractivity (Wildman–Crippen MR) is 98.6 cm³/mol. The van der Waals surface area contributed by atoms with Crippen LogP contribution in [-0.2, 0) is 0 Å². The third-order valence-corrected chi connectivity index (χ3v) is 5.04. The minimum Gasteiger partial charge on any atom is -0.381 e. The summed E-state index contributed by atoms with van der Waals surface area (Å²) >= 11 is 0. The molecule has 26 heavy (non-hydrogen) atoms. The summed E-state index contributed by atoms with van der Waals surface area (Å²) < 4.78 is 0. The number of rotatable bonds is 4. The highest BCUT2D eigenvalue weighted by Gasteiger charge is 2.32. The molecule has 0 aromatic rings. The number of hydrogen-bond donors (Lipinski definition) is 5. The van der Waals surface area contributed by atoms with Crippen molar-refractivity contribution in [2.75, 3.05) is 0 Å². The molecule has 0 amide bonds. The molecule has 0 saturated heterocycles. The number of allylic oxidation sites excluding steroid dienone is 5. The van der Waals surface area contributed by atoms with Crippen molar-refractivity contribution in [1.29, 1.82) is 0 Å². The van der Waals surface area contributed by atoms with Crippen LogP contribution in [0.3, 0.4) is 0 Å². The topological polar surface area (TPSA) is 101 Å². The molecule has 3 rings (SSSR count). The van der Waals surface area contributed by atoms with Crippen LogP contribution in [0.2, 0.25) is 0 Å². The van der Waals surface area contributed by atoms with Crippen molar-refractivity contribution in [3.05, 3.63) is 71.9 Å². The van der Waals surface area contributed by atoms with Gasteiger partial charge in [-0.1, -0.05) is 61.1 Å². The average molecular weight is 358 g/mol.